The van der Waals surface area contributed by atoms with Gasteiger partial charge in [-0.1, -0.05) is 0 Å². The number of hydrogen-bond donors (Lipinski definition) is 0. The van der Waals surface area contributed by atoms with Gasteiger partial charge in [0.15, 0.2) is 6.10 Å². The van der Waals surface area contributed by atoms with Crippen LogP contribution >= 0.6 is 0 Å². The molecular formula is C16H14F2O3. The van der Waals surface area contributed by atoms with Gasteiger partial charge in [0.2, 0.25) is 5.78 Å². The highest BCUT2D eigenvalue weighted by molar-refractivity contribution is 5.99. The summed E-state index contributed by atoms with van der Waals surface area (Å²) in [7, 11) is 1.54. The first-order valence-corrected chi connectivity index (χ1v) is 6.31. The molecule has 0 spiro atoms. The number of carbonyl (C=O) groups excluding carboxylic acids is 1. The first kappa shape index (κ1) is 15.0. The van der Waals surface area contributed by atoms with Crippen molar-refractivity contribution in [3.8, 4) is 11.5 Å². The molecule has 0 heterocycles. The minimum absolute atomic E-state index is 0.197. The van der Waals surface area contributed by atoms with E-state index in [2.05, 4.69) is 0 Å². The zero-order valence-corrected chi connectivity index (χ0v) is 11.6. The fraction of sp³-hybridized carbons (Fsp3) is 0.188. The number of Topliss-reactive ketones (excluding diaryl/α,β-unsaturated/α-hetero) is 1. The Kier molecular flexibility index (Phi) is 4.52. The molecule has 0 saturated carbocycles. The van der Waals surface area contributed by atoms with Gasteiger partial charge in [-0.25, -0.2) is 8.78 Å². The third-order valence-electron chi connectivity index (χ3n) is 2.94. The Bertz CT molecular complexity index is 638. The maximum absolute atomic E-state index is 13.6. The van der Waals surface area contributed by atoms with E-state index in [1.54, 1.807) is 31.4 Å². The van der Waals surface area contributed by atoms with Crippen LogP contribution in [0.25, 0.3) is 0 Å². The van der Waals surface area contributed by atoms with E-state index in [4.69, 9.17) is 9.47 Å². The van der Waals surface area contributed by atoms with Crippen molar-refractivity contribution in [2.24, 2.45) is 0 Å². The van der Waals surface area contributed by atoms with Gasteiger partial charge >= 0.3 is 0 Å². The van der Waals surface area contributed by atoms with Crippen molar-refractivity contribution in [3.05, 3.63) is 59.7 Å². The summed E-state index contributed by atoms with van der Waals surface area (Å²) >= 11 is 0. The topological polar surface area (TPSA) is 35.5 Å². The fourth-order valence-electron chi connectivity index (χ4n) is 1.82. The number of methoxy groups -OCH3 is 1. The van der Waals surface area contributed by atoms with Crippen molar-refractivity contribution >= 4 is 5.78 Å². The lowest BCUT2D eigenvalue weighted by atomic mass is 10.1. The molecule has 0 amide bonds. The van der Waals surface area contributed by atoms with E-state index in [-0.39, 0.29) is 5.56 Å². The Morgan fingerprint density at radius 3 is 2.24 bits per heavy atom. The Labute approximate surface area is 121 Å². The van der Waals surface area contributed by atoms with Crippen LogP contribution in [0.4, 0.5) is 8.78 Å². The normalized spacial score (nSPS) is 11.8. The Balaban J connectivity index is 2.11. The lowest BCUT2D eigenvalue weighted by molar-refractivity contribution is 0.0813. The molecule has 0 bridgehead atoms. The summed E-state index contributed by atoms with van der Waals surface area (Å²) in [4.78, 5) is 12.1. The molecule has 0 aliphatic carbocycles. The SMILES string of the molecule is COc1ccc(OC(C)C(=O)c2ccc(F)cc2F)cc1. The van der Waals surface area contributed by atoms with Crippen LogP contribution < -0.4 is 9.47 Å². The van der Waals surface area contributed by atoms with Gasteiger partial charge in [0.05, 0.1) is 12.7 Å². The highest BCUT2D eigenvalue weighted by atomic mass is 19.1. The number of ether oxygens (including phenoxy) is 2. The zero-order valence-electron chi connectivity index (χ0n) is 11.6. The fourth-order valence-corrected chi connectivity index (χ4v) is 1.82. The number of carbonyl (C=O) groups is 1. The smallest absolute Gasteiger partial charge is 0.205 e. The Morgan fingerprint density at radius 1 is 1.05 bits per heavy atom. The van der Waals surface area contributed by atoms with Gasteiger partial charge in [-0.3, -0.25) is 4.79 Å². The molecule has 0 aliphatic heterocycles. The van der Waals surface area contributed by atoms with E-state index >= 15 is 0 Å². The van der Waals surface area contributed by atoms with Crippen molar-refractivity contribution < 1.29 is 23.0 Å². The van der Waals surface area contributed by atoms with Crippen molar-refractivity contribution in [2.45, 2.75) is 13.0 Å². The summed E-state index contributed by atoms with van der Waals surface area (Å²) in [6, 6.07) is 9.48. The molecule has 5 heteroatoms. The molecule has 0 fully saturated rings. The first-order valence-electron chi connectivity index (χ1n) is 6.31. The number of ketones is 1. The van der Waals surface area contributed by atoms with Crippen LogP contribution in [-0.2, 0) is 0 Å². The van der Waals surface area contributed by atoms with E-state index < -0.39 is 23.5 Å². The third kappa shape index (κ3) is 3.56. The molecule has 110 valence electrons. The zero-order chi connectivity index (χ0) is 15.4. The lowest BCUT2D eigenvalue weighted by Crippen LogP contribution is -2.24. The van der Waals surface area contributed by atoms with Crippen LogP contribution in [0, 0.1) is 11.6 Å². The van der Waals surface area contributed by atoms with Crippen molar-refractivity contribution in [3.63, 3.8) is 0 Å². The van der Waals surface area contributed by atoms with Gasteiger partial charge in [-0.2, -0.15) is 0 Å². The molecule has 0 N–H and O–H groups in total. The van der Waals surface area contributed by atoms with Gasteiger partial charge in [-0.05, 0) is 43.3 Å². The maximum Gasteiger partial charge on any atom is 0.205 e. The lowest BCUT2D eigenvalue weighted by Gasteiger charge is -2.14. The molecule has 3 nitrogen and oxygen atoms in total. The molecule has 21 heavy (non-hydrogen) atoms. The molecule has 2 aromatic rings. The quantitative estimate of drug-likeness (QED) is 0.790. The Morgan fingerprint density at radius 2 is 1.67 bits per heavy atom. The number of hydrogen-bond acceptors (Lipinski definition) is 3. The summed E-state index contributed by atoms with van der Waals surface area (Å²) in [6.07, 6.45) is -0.890. The van der Waals surface area contributed by atoms with Crippen LogP contribution in [-0.4, -0.2) is 19.0 Å². The highest BCUT2D eigenvalue weighted by Crippen LogP contribution is 2.20. The second-order valence-electron chi connectivity index (χ2n) is 4.42. The molecule has 0 aromatic heterocycles. The third-order valence-corrected chi connectivity index (χ3v) is 2.94. The van der Waals surface area contributed by atoms with Crippen molar-refractivity contribution in [1.29, 1.82) is 0 Å². The summed E-state index contributed by atoms with van der Waals surface area (Å²) in [5.74, 6) is -1.06. The van der Waals surface area contributed by atoms with E-state index in [9.17, 15) is 13.6 Å². The highest BCUT2D eigenvalue weighted by Gasteiger charge is 2.20. The molecular weight excluding hydrogens is 278 g/mol. The number of halogens is 2. The van der Waals surface area contributed by atoms with Crippen molar-refractivity contribution in [2.75, 3.05) is 7.11 Å². The average Bonchev–Trinajstić information content (AvgIpc) is 2.47. The van der Waals surface area contributed by atoms with Gasteiger partial charge in [0, 0.05) is 6.07 Å². The predicted octanol–water partition coefficient (Wildman–Crippen LogP) is 3.62. The number of benzene rings is 2. The summed E-state index contributed by atoms with van der Waals surface area (Å²) in [5.41, 5.74) is -0.197. The van der Waals surface area contributed by atoms with Crippen LogP contribution in [0.5, 0.6) is 11.5 Å². The first-order chi connectivity index (χ1) is 10.0. The van der Waals surface area contributed by atoms with E-state index in [1.165, 1.54) is 6.92 Å². The summed E-state index contributed by atoms with van der Waals surface area (Å²) < 4.78 is 36.9. The maximum atomic E-state index is 13.6. The van der Waals surface area contributed by atoms with E-state index in [1.807, 2.05) is 0 Å². The Hall–Kier alpha value is -2.43. The van der Waals surface area contributed by atoms with E-state index in [0.717, 1.165) is 12.1 Å². The van der Waals surface area contributed by atoms with Gasteiger partial charge in [-0.15, -0.1) is 0 Å². The minimum Gasteiger partial charge on any atom is -0.497 e. The summed E-state index contributed by atoms with van der Waals surface area (Å²) in [6.45, 7) is 1.51. The average molecular weight is 292 g/mol. The standard InChI is InChI=1S/C16H14F2O3/c1-10(21-13-6-4-12(20-2)5-7-13)16(19)14-8-3-11(17)9-15(14)18/h3-10H,1-2H3. The van der Waals surface area contributed by atoms with Crippen LogP contribution in [0.3, 0.4) is 0 Å². The monoisotopic (exact) mass is 292 g/mol. The van der Waals surface area contributed by atoms with E-state index in [0.29, 0.717) is 17.6 Å². The largest absolute Gasteiger partial charge is 0.497 e. The molecule has 2 aromatic carbocycles. The van der Waals surface area contributed by atoms with Gasteiger partial charge < -0.3 is 9.47 Å². The van der Waals surface area contributed by atoms with Crippen LogP contribution in [0.15, 0.2) is 42.5 Å². The van der Waals surface area contributed by atoms with Crippen LogP contribution in [0.2, 0.25) is 0 Å². The second kappa shape index (κ2) is 6.35. The molecule has 0 aliphatic rings. The molecule has 1 unspecified atom stereocenters. The minimum atomic E-state index is -0.898. The van der Waals surface area contributed by atoms with Gasteiger partial charge in [0.25, 0.3) is 0 Å². The molecule has 1 atom stereocenters. The second-order valence-corrected chi connectivity index (χ2v) is 4.42. The van der Waals surface area contributed by atoms with Crippen molar-refractivity contribution in [1.82, 2.24) is 0 Å². The number of rotatable bonds is 5. The predicted molar refractivity (Wildman–Crippen MR) is 73.8 cm³/mol. The summed E-state index contributed by atoms with van der Waals surface area (Å²) in [5, 5.41) is 0. The molecule has 0 radical (unpaired) electrons. The van der Waals surface area contributed by atoms with Gasteiger partial charge in [0.1, 0.15) is 23.1 Å². The molecule has 2 rings (SSSR count). The van der Waals surface area contributed by atoms with Crippen LogP contribution in [0.1, 0.15) is 17.3 Å². The molecule has 0 saturated heterocycles.